The van der Waals surface area contributed by atoms with Crippen LogP contribution in [0.2, 0.25) is 5.02 Å². The van der Waals surface area contributed by atoms with E-state index in [1.165, 1.54) is 6.26 Å². The van der Waals surface area contributed by atoms with E-state index in [9.17, 15) is 4.79 Å². The Kier molecular flexibility index (Phi) is 9.77. The Balaban J connectivity index is 0.00000320. The van der Waals surface area contributed by atoms with Gasteiger partial charge in [-0.3, -0.25) is 9.79 Å². The number of guanidine groups is 1. The molecule has 2 heterocycles. The maximum Gasteiger partial charge on any atom is 0.287 e. The van der Waals surface area contributed by atoms with Crippen LogP contribution in [0.1, 0.15) is 29.0 Å². The number of nitrogens with one attached hydrogen (secondary N) is 3. The second-order valence-corrected chi connectivity index (χ2v) is 7.53. The van der Waals surface area contributed by atoms with Crippen molar-refractivity contribution in [3.63, 3.8) is 0 Å². The van der Waals surface area contributed by atoms with Gasteiger partial charge < -0.3 is 25.3 Å². The molecule has 1 atom stereocenters. The maximum atomic E-state index is 12.0. The zero-order valence-corrected chi connectivity index (χ0v) is 20.4. The summed E-state index contributed by atoms with van der Waals surface area (Å²) in [5.41, 5.74) is 1.99. The van der Waals surface area contributed by atoms with Gasteiger partial charge in [0.25, 0.3) is 5.91 Å². The lowest BCUT2D eigenvalue weighted by atomic mass is 10.2. The van der Waals surface area contributed by atoms with Gasteiger partial charge in [-0.1, -0.05) is 17.7 Å². The van der Waals surface area contributed by atoms with Gasteiger partial charge in [0.2, 0.25) is 0 Å². The van der Waals surface area contributed by atoms with Crippen molar-refractivity contribution in [2.24, 2.45) is 4.99 Å². The first kappa shape index (κ1) is 24.3. The number of furan rings is 1. The van der Waals surface area contributed by atoms with Crippen molar-refractivity contribution in [2.75, 3.05) is 38.1 Å². The molecule has 3 rings (SSSR count). The molecule has 1 aliphatic heterocycles. The van der Waals surface area contributed by atoms with Gasteiger partial charge in [0.15, 0.2) is 11.7 Å². The number of benzene rings is 1. The van der Waals surface area contributed by atoms with E-state index in [-0.39, 0.29) is 29.9 Å². The van der Waals surface area contributed by atoms with Gasteiger partial charge >= 0.3 is 0 Å². The normalized spacial score (nSPS) is 16.2. The number of carbonyl (C=O) groups excluding carboxylic acids is 1. The predicted molar refractivity (Wildman–Crippen MR) is 132 cm³/mol. The zero-order valence-electron chi connectivity index (χ0n) is 17.3. The number of carbonyl (C=O) groups is 1. The summed E-state index contributed by atoms with van der Waals surface area (Å²) >= 11 is 6.10. The van der Waals surface area contributed by atoms with E-state index in [1.807, 2.05) is 25.1 Å². The molecule has 9 heteroatoms. The van der Waals surface area contributed by atoms with Crippen LogP contribution in [0.4, 0.5) is 5.69 Å². The molecule has 1 fully saturated rings. The van der Waals surface area contributed by atoms with Gasteiger partial charge in [-0.25, -0.2) is 0 Å². The van der Waals surface area contributed by atoms with E-state index < -0.39 is 0 Å². The molecule has 0 saturated carbocycles. The quantitative estimate of drug-likeness (QED) is 0.215. The summed E-state index contributed by atoms with van der Waals surface area (Å²) in [4.78, 5) is 18.6. The van der Waals surface area contributed by atoms with E-state index >= 15 is 0 Å². The highest BCUT2D eigenvalue weighted by atomic mass is 127. The minimum absolute atomic E-state index is 0. The molecule has 1 amide bonds. The number of hydrogen-bond donors (Lipinski definition) is 3. The van der Waals surface area contributed by atoms with Crippen molar-refractivity contribution in [3.8, 4) is 0 Å². The molecule has 1 unspecified atom stereocenters. The summed E-state index contributed by atoms with van der Waals surface area (Å²) in [6, 6.07) is 10.0. The van der Waals surface area contributed by atoms with Crippen LogP contribution < -0.4 is 20.9 Å². The van der Waals surface area contributed by atoms with Crippen molar-refractivity contribution in [1.29, 1.82) is 0 Å². The summed E-state index contributed by atoms with van der Waals surface area (Å²) in [6.45, 7) is 5.01. The predicted octanol–water partition coefficient (Wildman–Crippen LogP) is 3.42. The van der Waals surface area contributed by atoms with Gasteiger partial charge in [0, 0.05) is 55.5 Å². The van der Waals surface area contributed by atoms with Crippen molar-refractivity contribution in [2.45, 2.75) is 25.8 Å². The molecule has 164 valence electrons. The van der Waals surface area contributed by atoms with Crippen molar-refractivity contribution >= 4 is 53.1 Å². The lowest BCUT2D eigenvalue weighted by molar-refractivity contribution is 0.0925. The number of anilines is 1. The second kappa shape index (κ2) is 12.0. The number of aliphatic imine (C=N–C) groups is 1. The second-order valence-electron chi connectivity index (χ2n) is 7.10. The van der Waals surface area contributed by atoms with Crippen LogP contribution in [-0.4, -0.2) is 51.1 Å². The van der Waals surface area contributed by atoms with Crippen molar-refractivity contribution in [3.05, 3.63) is 52.9 Å². The van der Waals surface area contributed by atoms with Crippen LogP contribution in [0.3, 0.4) is 0 Å². The van der Waals surface area contributed by atoms with Crippen LogP contribution in [0.25, 0.3) is 0 Å². The van der Waals surface area contributed by atoms with Crippen molar-refractivity contribution < 1.29 is 9.21 Å². The molecule has 0 aliphatic carbocycles. The largest absolute Gasteiger partial charge is 0.459 e. The molecule has 1 saturated heterocycles. The summed E-state index contributed by atoms with van der Waals surface area (Å²) in [7, 11) is 1.76. The number of hydrogen-bond acceptors (Lipinski definition) is 4. The van der Waals surface area contributed by atoms with Gasteiger partial charge in [0.1, 0.15) is 0 Å². The van der Waals surface area contributed by atoms with E-state index in [4.69, 9.17) is 16.0 Å². The van der Waals surface area contributed by atoms with Crippen LogP contribution in [-0.2, 0) is 0 Å². The average Bonchev–Trinajstić information content (AvgIpc) is 3.35. The van der Waals surface area contributed by atoms with Gasteiger partial charge in [-0.05, 0) is 44.0 Å². The van der Waals surface area contributed by atoms with Gasteiger partial charge in [-0.15, -0.1) is 24.0 Å². The van der Waals surface area contributed by atoms with E-state index in [1.54, 1.807) is 13.1 Å². The number of aryl methyl sites for hydroxylation is 1. The standard InChI is InChI=1S/C21H28ClN5O2.HI/c1-15-8-12-29-19(15)20(28)24-9-4-10-25-21(23-2)26-17-7-11-27(14-17)18-6-3-5-16(22)13-18;/h3,5-6,8,12-13,17H,4,7,9-11,14H2,1-2H3,(H,24,28)(H2,23,25,26);1H. The molecule has 1 aliphatic rings. The Labute approximate surface area is 199 Å². The first-order valence-electron chi connectivity index (χ1n) is 9.87. The SMILES string of the molecule is CN=C(NCCCNC(=O)c1occc1C)NC1CCN(c2cccc(Cl)c2)C1.I. The molecule has 0 spiro atoms. The lowest BCUT2D eigenvalue weighted by Gasteiger charge is -2.20. The number of halogens is 2. The number of amides is 1. The van der Waals surface area contributed by atoms with Crippen molar-refractivity contribution in [1.82, 2.24) is 16.0 Å². The van der Waals surface area contributed by atoms with Crippen LogP contribution >= 0.6 is 35.6 Å². The summed E-state index contributed by atoms with van der Waals surface area (Å²) in [5, 5.41) is 10.4. The smallest absolute Gasteiger partial charge is 0.287 e. The molecule has 7 nitrogen and oxygen atoms in total. The molecular formula is C21H29ClIN5O2. The van der Waals surface area contributed by atoms with Gasteiger partial charge in [0.05, 0.1) is 6.26 Å². The minimum Gasteiger partial charge on any atom is -0.459 e. The number of nitrogens with zero attached hydrogens (tertiary/aromatic N) is 2. The lowest BCUT2D eigenvalue weighted by Crippen LogP contribution is -2.45. The third-order valence-electron chi connectivity index (χ3n) is 4.93. The Morgan fingerprint density at radius 2 is 2.10 bits per heavy atom. The Morgan fingerprint density at radius 3 is 2.80 bits per heavy atom. The van der Waals surface area contributed by atoms with E-state index in [2.05, 4.69) is 31.9 Å². The maximum absolute atomic E-state index is 12.0. The highest BCUT2D eigenvalue weighted by Gasteiger charge is 2.23. The molecule has 2 aromatic rings. The average molecular weight is 546 g/mol. The minimum atomic E-state index is -0.179. The van der Waals surface area contributed by atoms with Crippen LogP contribution in [0, 0.1) is 6.92 Å². The topological polar surface area (TPSA) is 81.9 Å². The fourth-order valence-corrected chi connectivity index (χ4v) is 3.54. The summed E-state index contributed by atoms with van der Waals surface area (Å²) < 4.78 is 5.19. The van der Waals surface area contributed by atoms with E-state index in [0.29, 0.717) is 24.9 Å². The Hall–Kier alpha value is -1.94. The highest BCUT2D eigenvalue weighted by molar-refractivity contribution is 14.0. The third kappa shape index (κ3) is 6.80. The molecule has 3 N–H and O–H groups in total. The van der Waals surface area contributed by atoms with Gasteiger partial charge in [-0.2, -0.15) is 0 Å². The van der Waals surface area contributed by atoms with Crippen LogP contribution in [0.15, 0.2) is 46.0 Å². The summed E-state index contributed by atoms with van der Waals surface area (Å²) in [6.07, 6.45) is 3.34. The molecule has 0 radical (unpaired) electrons. The molecule has 0 bridgehead atoms. The third-order valence-corrected chi connectivity index (χ3v) is 5.16. The van der Waals surface area contributed by atoms with E-state index in [0.717, 1.165) is 48.2 Å². The first-order valence-corrected chi connectivity index (χ1v) is 10.2. The molecular weight excluding hydrogens is 517 g/mol. The monoisotopic (exact) mass is 545 g/mol. The van der Waals surface area contributed by atoms with Crippen LogP contribution in [0.5, 0.6) is 0 Å². The molecule has 1 aromatic heterocycles. The number of rotatable bonds is 7. The fourth-order valence-electron chi connectivity index (χ4n) is 3.36. The first-order chi connectivity index (χ1) is 14.1. The Bertz CT molecular complexity index is 857. The fraction of sp³-hybridized carbons (Fsp3) is 0.429. The Morgan fingerprint density at radius 1 is 1.30 bits per heavy atom. The summed E-state index contributed by atoms with van der Waals surface area (Å²) in [5.74, 6) is 0.971. The highest BCUT2D eigenvalue weighted by Crippen LogP contribution is 2.23. The molecule has 30 heavy (non-hydrogen) atoms. The molecule has 1 aromatic carbocycles. The zero-order chi connectivity index (χ0) is 20.6.